The number of amides is 1. The van der Waals surface area contributed by atoms with Crippen LogP contribution in [-0.2, 0) is 6.54 Å². The van der Waals surface area contributed by atoms with Crippen molar-refractivity contribution in [3.63, 3.8) is 0 Å². The number of ether oxygens (including phenoxy) is 1. The number of hydrogen-bond acceptors (Lipinski definition) is 3. The molecule has 0 spiro atoms. The Morgan fingerprint density at radius 1 is 1.47 bits per heavy atom. The lowest BCUT2D eigenvalue weighted by molar-refractivity contribution is 0.0923. The van der Waals surface area contributed by atoms with Gasteiger partial charge in [0, 0.05) is 17.1 Å². The van der Waals surface area contributed by atoms with E-state index in [2.05, 4.69) is 5.32 Å². The van der Waals surface area contributed by atoms with E-state index in [1.165, 1.54) is 6.26 Å². The molecule has 0 aliphatic rings. The number of benzene rings is 1. The van der Waals surface area contributed by atoms with Crippen LogP contribution >= 0.6 is 11.6 Å². The zero-order chi connectivity index (χ0) is 13.8. The Morgan fingerprint density at radius 3 is 2.89 bits per heavy atom. The molecule has 1 amide bonds. The van der Waals surface area contributed by atoms with Gasteiger partial charge in [-0.15, -0.1) is 0 Å². The van der Waals surface area contributed by atoms with E-state index in [0.29, 0.717) is 11.6 Å². The summed E-state index contributed by atoms with van der Waals surface area (Å²) in [7, 11) is 1.59. The van der Waals surface area contributed by atoms with Crippen LogP contribution in [0.15, 0.2) is 34.9 Å². The first-order valence-electron chi connectivity index (χ1n) is 5.76. The number of carbonyl (C=O) groups excluding carboxylic acids is 1. The lowest BCUT2D eigenvalue weighted by atomic mass is 10.1. The molecule has 4 nitrogen and oxygen atoms in total. The van der Waals surface area contributed by atoms with Crippen molar-refractivity contribution in [3.05, 3.63) is 52.4 Å². The maximum Gasteiger partial charge on any atom is 0.287 e. The molecule has 0 fully saturated rings. The summed E-state index contributed by atoms with van der Waals surface area (Å²) in [6.07, 6.45) is 1.46. The van der Waals surface area contributed by atoms with Gasteiger partial charge in [0.1, 0.15) is 5.75 Å². The minimum absolute atomic E-state index is 0.273. The molecule has 0 aliphatic carbocycles. The first-order valence-corrected chi connectivity index (χ1v) is 6.14. The molecule has 5 heteroatoms. The molecule has 0 saturated heterocycles. The maximum atomic E-state index is 11.8. The molecule has 1 N–H and O–H groups in total. The molecule has 2 aromatic rings. The molecule has 0 aliphatic heterocycles. The van der Waals surface area contributed by atoms with E-state index < -0.39 is 0 Å². The molecule has 0 unspecified atom stereocenters. The lowest BCUT2D eigenvalue weighted by Crippen LogP contribution is -2.22. The van der Waals surface area contributed by atoms with Crippen molar-refractivity contribution in [2.24, 2.45) is 0 Å². The van der Waals surface area contributed by atoms with E-state index in [0.717, 1.165) is 16.9 Å². The summed E-state index contributed by atoms with van der Waals surface area (Å²) in [5.74, 6) is 0.728. The Kier molecular flexibility index (Phi) is 4.12. The van der Waals surface area contributed by atoms with Crippen LogP contribution in [0.3, 0.4) is 0 Å². The Bertz CT molecular complexity index is 579. The summed E-state index contributed by atoms with van der Waals surface area (Å²) >= 11 is 6.01. The number of halogens is 1. The van der Waals surface area contributed by atoms with Gasteiger partial charge in [-0.1, -0.05) is 11.6 Å². The fourth-order valence-electron chi connectivity index (χ4n) is 1.89. The van der Waals surface area contributed by atoms with Gasteiger partial charge < -0.3 is 14.5 Å². The zero-order valence-electron chi connectivity index (χ0n) is 10.7. The molecular formula is C14H14ClNO3. The van der Waals surface area contributed by atoms with Crippen molar-refractivity contribution >= 4 is 17.5 Å². The van der Waals surface area contributed by atoms with Crippen LogP contribution in [-0.4, -0.2) is 13.0 Å². The van der Waals surface area contributed by atoms with Crippen LogP contribution in [0.2, 0.25) is 5.02 Å². The summed E-state index contributed by atoms with van der Waals surface area (Å²) in [4.78, 5) is 11.8. The number of furan rings is 1. The highest BCUT2D eigenvalue weighted by atomic mass is 35.5. The van der Waals surface area contributed by atoms with Gasteiger partial charge in [0.2, 0.25) is 0 Å². The van der Waals surface area contributed by atoms with Crippen LogP contribution in [0.4, 0.5) is 0 Å². The Hall–Kier alpha value is -1.94. The number of rotatable bonds is 4. The van der Waals surface area contributed by atoms with Gasteiger partial charge in [0.05, 0.1) is 13.4 Å². The smallest absolute Gasteiger partial charge is 0.287 e. The highest BCUT2D eigenvalue weighted by molar-refractivity contribution is 6.30. The second-order valence-corrected chi connectivity index (χ2v) is 4.51. The van der Waals surface area contributed by atoms with Crippen LogP contribution < -0.4 is 10.1 Å². The van der Waals surface area contributed by atoms with Crippen LogP contribution in [0, 0.1) is 6.92 Å². The minimum Gasteiger partial charge on any atom is -0.496 e. The third-order valence-corrected chi connectivity index (χ3v) is 2.92. The normalized spacial score (nSPS) is 10.3. The first-order chi connectivity index (χ1) is 9.11. The molecule has 1 heterocycles. The Labute approximate surface area is 116 Å². The first kappa shape index (κ1) is 13.5. The van der Waals surface area contributed by atoms with Crippen molar-refractivity contribution in [1.82, 2.24) is 5.32 Å². The summed E-state index contributed by atoms with van der Waals surface area (Å²) < 4.78 is 10.3. The standard InChI is InChI=1S/C14H14ClNO3/c1-9-6-11(15)7-10(13(9)18-2)8-16-14(17)12-4-3-5-19-12/h3-7H,8H2,1-2H3,(H,16,17). The predicted octanol–water partition coefficient (Wildman–Crippen LogP) is 3.18. The number of nitrogens with one attached hydrogen (secondary N) is 1. The summed E-state index contributed by atoms with van der Waals surface area (Å²) in [5.41, 5.74) is 1.75. The third-order valence-electron chi connectivity index (χ3n) is 2.70. The highest BCUT2D eigenvalue weighted by Crippen LogP contribution is 2.27. The average Bonchev–Trinajstić information content (AvgIpc) is 2.89. The Morgan fingerprint density at radius 2 is 2.26 bits per heavy atom. The van der Waals surface area contributed by atoms with Gasteiger partial charge in [-0.3, -0.25) is 4.79 Å². The SMILES string of the molecule is COc1c(C)cc(Cl)cc1CNC(=O)c1ccco1. The number of carbonyl (C=O) groups is 1. The molecule has 0 saturated carbocycles. The fourth-order valence-corrected chi connectivity index (χ4v) is 2.19. The highest BCUT2D eigenvalue weighted by Gasteiger charge is 2.12. The van der Waals surface area contributed by atoms with Crippen LogP contribution in [0.25, 0.3) is 0 Å². The second kappa shape index (κ2) is 5.80. The van der Waals surface area contributed by atoms with Crippen molar-refractivity contribution in [2.45, 2.75) is 13.5 Å². The lowest BCUT2D eigenvalue weighted by Gasteiger charge is -2.12. The summed E-state index contributed by atoms with van der Waals surface area (Å²) in [6.45, 7) is 2.23. The number of hydrogen-bond donors (Lipinski definition) is 1. The van der Waals surface area contributed by atoms with Crippen molar-refractivity contribution in [3.8, 4) is 5.75 Å². The molecule has 2 rings (SSSR count). The molecule has 19 heavy (non-hydrogen) atoms. The van der Waals surface area contributed by atoms with Gasteiger partial charge in [-0.2, -0.15) is 0 Å². The van der Waals surface area contributed by atoms with E-state index in [9.17, 15) is 4.79 Å². The van der Waals surface area contributed by atoms with Crippen LogP contribution in [0.1, 0.15) is 21.7 Å². The fraction of sp³-hybridized carbons (Fsp3) is 0.214. The predicted molar refractivity (Wildman–Crippen MR) is 72.6 cm³/mol. The van der Waals surface area contributed by atoms with Gasteiger partial charge >= 0.3 is 0 Å². The van der Waals surface area contributed by atoms with Crippen LogP contribution in [0.5, 0.6) is 5.75 Å². The topological polar surface area (TPSA) is 51.5 Å². The molecular weight excluding hydrogens is 266 g/mol. The zero-order valence-corrected chi connectivity index (χ0v) is 11.5. The molecule has 0 radical (unpaired) electrons. The molecule has 100 valence electrons. The van der Waals surface area contributed by atoms with Gasteiger partial charge in [-0.05, 0) is 36.8 Å². The third kappa shape index (κ3) is 3.09. The van der Waals surface area contributed by atoms with E-state index >= 15 is 0 Å². The summed E-state index contributed by atoms with van der Waals surface area (Å²) in [5, 5.41) is 3.37. The minimum atomic E-state index is -0.273. The van der Waals surface area contributed by atoms with E-state index in [1.54, 1.807) is 25.3 Å². The number of aryl methyl sites for hydroxylation is 1. The maximum absolute atomic E-state index is 11.8. The Balaban J connectivity index is 2.13. The van der Waals surface area contributed by atoms with Crippen molar-refractivity contribution < 1.29 is 13.9 Å². The van der Waals surface area contributed by atoms with E-state index in [-0.39, 0.29) is 11.7 Å². The molecule has 0 bridgehead atoms. The second-order valence-electron chi connectivity index (χ2n) is 4.08. The average molecular weight is 280 g/mol. The largest absolute Gasteiger partial charge is 0.496 e. The molecule has 1 aromatic carbocycles. The van der Waals surface area contributed by atoms with E-state index in [1.807, 2.05) is 13.0 Å². The number of methoxy groups -OCH3 is 1. The monoisotopic (exact) mass is 279 g/mol. The quantitative estimate of drug-likeness (QED) is 0.935. The van der Waals surface area contributed by atoms with E-state index in [4.69, 9.17) is 20.8 Å². The van der Waals surface area contributed by atoms with Gasteiger partial charge in [-0.25, -0.2) is 0 Å². The van der Waals surface area contributed by atoms with Crippen molar-refractivity contribution in [1.29, 1.82) is 0 Å². The van der Waals surface area contributed by atoms with Gasteiger partial charge in [0.15, 0.2) is 5.76 Å². The van der Waals surface area contributed by atoms with Crippen molar-refractivity contribution in [2.75, 3.05) is 7.11 Å². The van der Waals surface area contributed by atoms with Gasteiger partial charge in [0.25, 0.3) is 5.91 Å². The molecule has 0 atom stereocenters. The molecule has 1 aromatic heterocycles. The summed E-state index contributed by atoms with van der Waals surface area (Å²) in [6, 6.07) is 6.86.